The molecular weight excluding hydrogens is 418 g/mol. The third-order valence-corrected chi connectivity index (χ3v) is 5.32. The summed E-state index contributed by atoms with van der Waals surface area (Å²) in [5, 5.41) is 4.82. The Morgan fingerprint density at radius 2 is 1.70 bits per heavy atom. The normalized spacial score (nSPS) is 14.4. The maximum Gasteiger partial charge on any atom is 1.00 e. The second-order valence-corrected chi connectivity index (χ2v) is 8.27. The number of carbonyl (C=O) groups is 1. The van der Waals surface area contributed by atoms with E-state index in [1.165, 1.54) is 0 Å². The monoisotopic (exact) mass is 434 g/mol. The second-order valence-electron chi connectivity index (χ2n) is 5.54. The van der Waals surface area contributed by atoms with E-state index in [9.17, 15) is 30.7 Å². The van der Waals surface area contributed by atoms with Gasteiger partial charge in [-0.2, -0.15) is 10.1 Å². The van der Waals surface area contributed by atoms with Crippen LogP contribution in [-0.2, 0) is 25.0 Å². The SMILES string of the molecule is CCCCCC1=NN(c2ccc(S(=O)(=O)[O-])cc2S(=O)(=O)[O-])C(=O)C1.[Na+].[Na+]. The number of anilines is 1. The van der Waals surface area contributed by atoms with E-state index in [4.69, 9.17) is 0 Å². The molecule has 1 aliphatic rings. The van der Waals surface area contributed by atoms with Crippen LogP contribution in [0, 0.1) is 0 Å². The predicted octanol–water partition coefficient (Wildman–Crippen LogP) is -4.82. The number of amides is 1. The largest absolute Gasteiger partial charge is 1.00 e. The minimum Gasteiger partial charge on any atom is -0.744 e. The predicted molar refractivity (Wildman–Crippen MR) is 86.0 cm³/mol. The van der Waals surface area contributed by atoms with Gasteiger partial charge in [0.1, 0.15) is 20.2 Å². The molecule has 0 aromatic heterocycles. The van der Waals surface area contributed by atoms with Gasteiger partial charge < -0.3 is 9.11 Å². The number of unbranched alkanes of at least 4 members (excludes halogenated alkanes) is 2. The molecule has 1 aliphatic heterocycles. The summed E-state index contributed by atoms with van der Waals surface area (Å²) in [6.45, 7) is 2.02. The first-order valence-electron chi connectivity index (χ1n) is 7.49. The van der Waals surface area contributed by atoms with Crippen molar-refractivity contribution in [2.75, 3.05) is 5.01 Å². The zero-order valence-corrected chi connectivity index (χ0v) is 21.0. The fraction of sp³-hybridized carbons (Fsp3) is 0.429. The first-order chi connectivity index (χ1) is 11.5. The van der Waals surface area contributed by atoms with Crippen LogP contribution in [0.3, 0.4) is 0 Å². The molecule has 0 bridgehead atoms. The molecule has 0 spiro atoms. The average molecular weight is 434 g/mol. The van der Waals surface area contributed by atoms with E-state index in [2.05, 4.69) is 5.10 Å². The van der Waals surface area contributed by atoms with Gasteiger partial charge in [0.05, 0.1) is 21.9 Å². The number of carbonyl (C=O) groups excluding carboxylic acids is 1. The maximum atomic E-state index is 12.1. The summed E-state index contributed by atoms with van der Waals surface area (Å²) < 4.78 is 67.5. The molecule has 9 nitrogen and oxygen atoms in total. The van der Waals surface area contributed by atoms with Crippen molar-refractivity contribution in [3.8, 4) is 0 Å². The Kier molecular flexibility index (Phi) is 10.9. The number of nitrogens with zero attached hydrogens (tertiary/aromatic N) is 2. The number of benzene rings is 1. The summed E-state index contributed by atoms with van der Waals surface area (Å²) in [7, 11) is -10.1. The van der Waals surface area contributed by atoms with E-state index < -0.39 is 35.9 Å². The van der Waals surface area contributed by atoms with Crippen molar-refractivity contribution >= 4 is 37.5 Å². The quantitative estimate of drug-likeness (QED) is 0.238. The van der Waals surface area contributed by atoms with Crippen LogP contribution in [0.1, 0.15) is 39.0 Å². The van der Waals surface area contributed by atoms with Crippen LogP contribution in [-0.4, -0.2) is 37.6 Å². The molecular formula is C14H16N2Na2O7S2. The van der Waals surface area contributed by atoms with Gasteiger partial charge in [0.15, 0.2) is 0 Å². The van der Waals surface area contributed by atoms with Crippen molar-refractivity contribution in [3.63, 3.8) is 0 Å². The van der Waals surface area contributed by atoms with Crippen molar-refractivity contribution in [1.29, 1.82) is 0 Å². The van der Waals surface area contributed by atoms with Gasteiger partial charge in [-0.25, -0.2) is 16.8 Å². The van der Waals surface area contributed by atoms with Crippen LogP contribution in [0.5, 0.6) is 0 Å². The fourth-order valence-electron chi connectivity index (χ4n) is 2.41. The number of rotatable bonds is 7. The third-order valence-electron chi connectivity index (χ3n) is 3.62. The minimum atomic E-state index is -5.13. The van der Waals surface area contributed by atoms with E-state index in [-0.39, 0.29) is 71.2 Å². The molecule has 138 valence electrons. The van der Waals surface area contributed by atoms with Crippen LogP contribution in [0.15, 0.2) is 33.1 Å². The van der Waals surface area contributed by atoms with Gasteiger partial charge in [-0.3, -0.25) is 4.79 Å². The summed E-state index contributed by atoms with van der Waals surface area (Å²) in [5.41, 5.74) is 0.186. The molecule has 0 unspecified atom stereocenters. The Morgan fingerprint density at radius 3 is 2.22 bits per heavy atom. The second kappa shape index (κ2) is 10.8. The Bertz CT molecular complexity index is 931. The summed E-state index contributed by atoms with van der Waals surface area (Å²) in [6.07, 6.45) is 3.29. The van der Waals surface area contributed by atoms with E-state index in [0.717, 1.165) is 36.4 Å². The zero-order valence-electron chi connectivity index (χ0n) is 15.3. The first-order valence-corrected chi connectivity index (χ1v) is 10.3. The summed E-state index contributed by atoms with van der Waals surface area (Å²) in [6, 6.07) is 2.22. The molecule has 0 saturated carbocycles. The Balaban J connectivity index is 0.00000338. The topological polar surface area (TPSA) is 147 Å². The van der Waals surface area contributed by atoms with Gasteiger partial charge in [-0.05, 0) is 31.0 Å². The standard InChI is InChI=1S/C14H18N2O7S2.2Na/c1-2-3-4-5-10-8-14(17)16(15-10)12-7-6-11(24(18,19)20)9-13(12)25(21,22)23;;/h6-7,9H,2-5,8H2,1H3,(H,18,19,20)(H,21,22,23);;/q;2*+1/p-2. The minimum absolute atomic E-state index is 0. The van der Waals surface area contributed by atoms with E-state index >= 15 is 0 Å². The number of hydrogen-bond acceptors (Lipinski definition) is 8. The molecule has 0 N–H and O–H groups in total. The Labute approximate surface area is 202 Å². The van der Waals surface area contributed by atoms with Gasteiger partial charge >= 0.3 is 59.1 Å². The van der Waals surface area contributed by atoms with Crippen molar-refractivity contribution in [3.05, 3.63) is 18.2 Å². The molecule has 27 heavy (non-hydrogen) atoms. The van der Waals surface area contributed by atoms with Crippen molar-refractivity contribution in [2.45, 2.75) is 48.8 Å². The van der Waals surface area contributed by atoms with Gasteiger partial charge in [0.2, 0.25) is 0 Å². The molecule has 0 saturated heterocycles. The van der Waals surface area contributed by atoms with Crippen molar-refractivity contribution < 1.29 is 89.9 Å². The van der Waals surface area contributed by atoms with Crippen LogP contribution < -0.4 is 64.1 Å². The third kappa shape index (κ3) is 7.18. The Hall–Kier alpha value is 0.180. The van der Waals surface area contributed by atoms with E-state index in [0.29, 0.717) is 18.2 Å². The van der Waals surface area contributed by atoms with Crippen molar-refractivity contribution in [2.24, 2.45) is 5.10 Å². The molecule has 1 aromatic carbocycles. The maximum absolute atomic E-state index is 12.1. The average Bonchev–Trinajstić information content (AvgIpc) is 2.86. The van der Waals surface area contributed by atoms with Crippen molar-refractivity contribution in [1.82, 2.24) is 0 Å². The summed E-state index contributed by atoms with van der Waals surface area (Å²) >= 11 is 0. The molecule has 2 rings (SSSR count). The molecule has 0 fully saturated rings. The Morgan fingerprint density at radius 1 is 1.07 bits per heavy atom. The van der Waals surface area contributed by atoms with Gasteiger partial charge in [-0.1, -0.05) is 19.8 Å². The van der Waals surface area contributed by atoms with Crippen LogP contribution >= 0.6 is 0 Å². The summed E-state index contributed by atoms with van der Waals surface area (Å²) in [5.74, 6) is -0.533. The first kappa shape index (κ1) is 27.2. The van der Waals surface area contributed by atoms with Crippen LogP contribution in [0.25, 0.3) is 0 Å². The summed E-state index contributed by atoms with van der Waals surface area (Å²) in [4.78, 5) is 10.3. The van der Waals surface area contributed by atoms with Gasteiger partial charge in [0, 0.05) is 5.71 Å². The number of hydrogen-bond donors (Lipinski definition) is 0. The number of hydrazone groups is 1. The van der Waals surface area contributed by atoms with Crippen LogP contribution in [0.2, 0.25) is 0 Å². The van der Waals surface area contributed by atoms with Gasteiger partial charge in [0.25, 0.3) is 5.91 Å². The molecule has 1 aromatic rings. The van der Waals surface area contributed by atoms with E-state index in [1.54, 1.807) is 0 Å². The fourth-order valence-corrected chi connectivity index (χ4v) is 3.67. The molecule has 0 aliphatic carbocycles. The van der Waals surface area contributed by atoms with Crippen LogP contribution in [0.4, 0.5) is 5.69 Å². The molecule has 1 amide bonds. The van der Waals surface area contributed by atoms with E-state index in [1.807, 2.05) is 6.92 Å². The molecule has 13 heteroatoms. The molecule has 0 radical (unpaired) electrons. The van der Waals surface area contributed by atoms with Gasteiger partial charge in [-0.15, -0.1) is 0 Å². The zero-order chi connectivity index (χ0) is 18.8. The smallest absolute Gasteiger partial charge is 0.744 e. The molecule has 0 atom stereocenters. The molecule has 1 heterocycles.